The largest absolute Gasteiger partial charge is 0.462 e. The third-order valence-electron chi connectivity index (χ3n) is 8.72. The van der Waals surface area contributed by atoms with Gasteiger partial charge in [-0.05, 0) is 82.3 Å². The molecule has 0 bridgehead atoms. The van der Waals surface area contributed by atoms with Crippen LogP contribution in [0, 0.1) is 5.82 Å². The number of benzene rings is 3. The first-order valence-electron chi connectivity index (χ1n) is 16.6. The first-order valence-corrected chi connectivity index (χ1v) is 18.4. The molecule has 2 heterocycles. The monoisotopic (exact) mass is 780 g/mol. The van der Waals surface area contributed by atoms with Crippen LogP contribution in [0.2, 0.25) is 0 Å². The number of likely N-dealkylation sites (tertiary alicyclic amines) is 1. The summed E-state index contributed by atoms with van der Waals surface area (Å²) in [7, 11) is -1.50. The molecule has 5 rings (SSSR count). The average Bonchev–Trinajstić information content (AvgIpc) is 3.72. The van der Waals surface area contributed by atoms with E-state index in [1.807, 2.05) is 20.8 Å². The summed E-state index contributed by atoms with van der Waals surface area (Å²) in [6.45, 7) is 3.54. The molecule has 1 atom stereocenters. The Morgan fingerprint density at radius 2 is 1.70 bits per heavy atom. The lowest BCUT2D eigenvalue weighted by Gasteiger charge is -2.31. The Morgan fingerprint density at radius 1 is 1.04 bits per heavy atom. The van der Waals surface area contributed by atoms with Crippen LogP contribution in [-0.4, -0.2) is 95.6 Å². The molecule has 1 aliphatic rings. The number of furan rings is 1. The number of hydrogen-bond donors (Lipinski definition) is 2. The Bertz CT molecular complexity index is 2120. The summed E-state index contributed by atoms with van der Waals surface area (Å²) in [4.78, 5) is 37.4. The van der Waals surface area contributed by atoms with Gasteiger partial charge in [0, 0.05) is 48.3 Å². The topological polar surface area (TPSA) is 138 Å². The van der Waals surface area contributed by atoms with Gasteiger partial charge in [0.25, 0.3) is 18.3 Å². The number of carbonyl (C=O) groups is 3. The maximum atomic E-state index is 13.9. The highest BCUT2D eigenvalue weighted by molar-refractivity contribution is 7.92. The molecular weight excluding hydrogens is 739 g/mol. The van der Waals surface area contributed by atoms with Gasteiger partial charge in [0.1, 0.15) is 35.0 Å². The molecule has 3 aromatic carbocycles. The normalized spacial score (nSPS) is 16.1. The Labute approximate surface area is 309 Å². The summed E-state index contributed by atoms with van der Waals surface area (Å²) < 4.78 is 106. The third-order valence-corrected chi connectivity index (χ3v) is 9.90. The van der Waals surface area contributed by atoms with Crippen LogP contribution in [0.1, 0.15) is 47.9 Å². The highest BCUT2D eigenvalue weighted by atomic mass is 32.2. The van der Waals surface area contributed by atoms with Crippen LogP contribution >= 0.6 is 0 Å². The molecule has 1 unspecified atom stereocenters. The van der Waals surface area contributed by atoms with Crippen molar-refractivity contribution in [2.24, 2.45) is 0 Å². The Kier molecular flexibility index (Phi) is 12.5. The number of rotatable bonds is 10. The smallest absolute Gasteiger partial charge is 0.408 e. The van der Waals surface area contributed by atoms with Gasteiger partial charge < -0.3 is 24.7 Å². The molecule has 0 saturated carbocycles. The molecule has 1 aromatic heterocycles. The van der Waals surface area contributed by atoms with Crippen LogP contribution in [0.4, 0.5) is 27.6 Å². The van der Waals surface area contributed by atoms with E-state index < -0.39 is 59.1 Å². The van der Waals surface area contributed by atoms with Crippen molar-refractivity contribution >= 4 is 45.0 Å². The van der Waals surface area contributed by atoms with Crippen LogP contribution in [0.5, 0.6) is 0 Å². The number of hydrogen-bond acceptors (Lipinski definition) is 8. The van der Waals surface area contributed by atoms with Gasteiger partial charge in [-0.2, -0.15) is 13.2 Å². The Morgan fingerprint density at radius 3 is 2.20 bits per heavy atom. The van der Waals surface area contributed by atoms with Crippen LogP contribution in [0.3, 0.4) is 0 Å². The molecule has 4 aromatic rings. The van der Waals surface area contributed by atoms with E-state index in [1.165, 1.54) is 68.7 Å². The lowest BCUT2D eigenvalue weighted by molar-refractivity contribution is -0.190. The van der Waals surface area contributed by atoms with Gasteiger partial charge in [0.15, 0.2) is 0 Å². The fraction of sp³-hybridized carbons (Fsp3) is 0.378. The van der Waals surface area contributed by atoms with Gasteiger partial charge >= 0.3 is 6.18 Å². The van der Waals surface area contributed by atoms with Gasteiger partial charge in [-0.1, -0.05) is 12.1 Å². The van der Waals surface area contributed by atoms with E-state index >= 15 is 0 Å². The lowest BCUT2D eigenvalue weighted by atomic mass is 9.97. The summed E-state index contributed by atoms with van der Waals surface area (Å²) in [6, 6.07) is 13.8. The maximum absolute atomic E-state index is 13.9. The number of amides is 2. The summed E-state index contributed by atoms with van der Waals surface area (Å²) in [5.74, 6) is -1.70. The minimum atomic E-state index is -4.60. The molecule has 1 aliphatic heterocycles. The molecule has 2 N–H and O–H groups in total. The summed E-state index contributed by atoms with van der Waals surface area (Å²) in [5, 5.41) is 5.09. The van der Waals surface area contributed by atoms with E-state index in [0.717, 1.165) is 15.5 Å². The van der Waals surface area contributed by atoms with Crippen molar-refractivity contribution in [1.29, 1.82) is 0 Å². The molecule has 2 amide bonds. The molecule has 17 heteroatoms. The molecule has 11 nitrogen and oxygen atoms in total. The van der Waals surface area contributed by atoms with Crippen molar-refractivity contribution in [3.8, 4) is 22.5 Å². The zero-order valence-corrected chi connectivity index (χ0v) is 31.3. The standard InChI is InChI=1S/C32H31F5N4O5S.C5H10O2/c1-38-29(42)27-24-16-23(20-5-4-6-21(15-20)30(43)40-13-11-31(18-40,39-2)32(35,36)37)25(41(14-12-33)47(3,44)45)17-26(24)46-28(27)19-7-9-22(34)10-8-19;1-5(2,3)7-4-6/h4-10,15-17,39H,11-14,18H2,1-3H3,(H,38,42);4H,1-3H3. The molecule has 0 spiro atoms. The number of ether oxygens (including phenoxy) is 1. The molecule has 1 fully saturated rings. The van der Waals surface area contributed by atoms with Crippen LogP contribution in [0.25, 0.3) is 33.4 Å². The Hall–Kier alpha value is -5.03. The van der Waals surface area contributed by atoms with E-state index in [9.17, 15) is 44.8 Å². The van der Waals surface area contributed by atoms with E-state index in [0.29, 0.717) is 12.0 Å². The molecule has 292 valence electrons. The van der Waals surface area contributed by atoms with E-state index in [-0.39, 0.29) is 63.2 Å². The molecule has 0 aliphatic carbocycles. The van der Waals surface area contributed by atoms with Crippen LogP contribution in [-0.2, 0) is 19.6 Å². The number of fused-ring (bicyclic) bond motifs is 1. The minimum Gasteiger partial charge on any atom is -0.462 e. The number of carbonyl (C=O) groups excluding carboxylic acids is 3. The summed E-state index contributed by atoms with van der Waals surface area (Å²) in [6.07, 6.45) is -4.06. The SMILES string of the molecule is CC(C)(C)OC=O.CNC(=O)c1c(-c2ccc(F)cc2)oc2cc(N(CCF)S(C)(=O)=O)c(-c3cccc(C(=O)N4CCC(NC)(C(F)(F)F)C4)c3)cc12. The second-order valence-corrected chi connectivity index (χ2v) is 15.4. The van der Waals surface area contributed by atoms with E-state index in [4.69, 9.17) is 4.42 Å². The lowest BCUT2D eigenvalue weighted by Crippen LogP contribution is -2.57. The highest BCUT2D eigenvalue weighted by Gasteiger charge is 2.58. The number of alkyl halides is 4. The molecule has 54 heavy (non-hydrogen) atoms. The minimum absolute atomic E-state index is 0.0300. The number of nitrogens with zero attached hydrogens (tertiary/aromatic N) is 2. The third kappa shape index (κ3) is 9.01. The van der Waals surface area contributed by atoms with Crippen molar-refractivity contribution in [3.05, 3.63) is 77.6 Å². The second-order valence-electron chi connectivity index (χ2n) is 13.5. The van der Waals surface area contributed by atoms with Gasteiger partial charge in [0.05, 0.1) is 24.1 Å². The van der Waals surface area contributed by atoms with Crippen LogP contribution in [0.15, 0.2) is 65.1 Å². The number of likely N-dealkylation sites (N-methyl/N-ethyl adjacent to an activating group) is 1. The molecular formula is C37H41F5N4O7S. The fourth-order valence-electron chi connectivity index (χ4n) is 5.97. The van der Waals surface area contributed by atoms with Crippen molar-refractivity contribution in [2.45, 2.75) is 44.5 Å². The molecule has 0 radical (unpaired) electrons. The highest BCUT2D eigenvalue weighted by Crippen LogP contribution is 2.42. The van der Waals surface area contributed by atoms with Gasteiger partial charge in [-0.25, -0.2) is 17.2 Å². The number of anilines is 1. The maximum Gasteiger partial charge on any atom is 0.408 e. The number of halogens is 5. The average molecular weight is 781 g/mol. The van der Waals surface area contributed by atoms with E-state index in [2.05, 4.69) is 15.4 Å². The van der Waals surface area contributed by atoms with Crippen molar-refractivity contribution in [3.63, 3.8) is 0 Å². The van der Waals surface area contributed by atoms with Crippen LogP contribution < -0.4 is 14.9 Å². The first kappa shape index (κ1) is 41.7. The number of sulfonamides is 1. The fourth-order valence-corrected chi connectivity index (χ4v) is 6.88. The zero-order chi connectivity index (χ0) is 40.2. The van der Waals surface area contributed by atoms with Crippen molar-refractivity contribution < 1.29 is 53.9 Å². The summed E-state index contributed by atoms with van der Waals surface area (Å²) >= 11 is 0. The predicted octanol–water partition coefficient (Wildman–Crippen LogP) is 6.33. The predicted molar refractivity (Wildman–Crippen MR) is 194 cm³/mol. The Balaban J connectivity index is 0.000000845. The number of nitrogens with one attached hydrogen (secondary N) is 2. The van der Waals surface area contributed by atoms with E-state index in [1.54, 1.807) is 6.07 Å². The van der Waals surface area contributed by atoms with Gasteiger partial charge in [-0.15, -0.1) is 0 Å². The van der Waals surface area contributed by atoms with Gasteiger partial charge in [-0.3, -0.25) is 18.7 Å². The second kappa shape index (κ2) is 16.1. The first-order chi connectivity index (χ1) is 25.2. The zero-order valence-electron chi connectivity index (χ0n) is 30.4. The van der Waals surface area contributed by atoms with Crippen molar-refractivity contribution in [1.82, 2.24) is 15.5 Å². The summed E-state index contributed by atoms with van der Waals surface area (Å²) in [5.41, 5.74) is -1.67. The quantitative estimate of drug-likeness (QED) is 0.141. The van der Waals surface area contributed by atoms with Gasteiger partial charge in [0.2, 0.25) is 10.0 Å². The molecule has 1 saturated heterocycles. The van der Waals surface area contributed by atoms with Crippen molar-refractivity contribution in [2.75, 3.05) is 51.0 Å².